The van der Waals surface area contributed by atoms with Crippen LogP contribution in [0.5, 0.6) is 17.4 Å². The van der Waals surface area contributed by atoms with Crippen molar-refractivity contribution in [1.82, 2.24) is 9.78 Å². The number of aromatic hydroxyl groups is 3. The summed E-state index contributed by atoms with van der Waals surface area (Å²) in [6.07, 6.45) is 0. The number of rotatable bonds is 27. The number of phenolic OH excluding ortho intramolecular Hbond substituents is 2. The molecule has 0 aliphatic heterocycles. The van der Waals surface area contributed by atoms with Crippen molar-refractivity contribution in [2.45, 2.75) is 41.7 Å². The molecular formula is C50H44N12O28S7. The lowest BCUT2D eigenvalue weighted by atomic mass is 10.0. The van der Waals surface area contributed by atoms with Crippen molar-refractivity contribution in [3.8, 4) is 23.1 Å². The topological polar surface area (TPSA) is 587 Å². The number of nitro groups is 1. The van der Waals surface area contributed by atoms with E-state index in [1.165, 1.54) is 12.1 Å². The molecule has 7 aromatic carbocycles. The summed E-state index contributed by atoms with van der Waals surface area (Å²) in [5, 5.41) is 78.9. The van der Waals surface area contributed by atoms with Crippen molar-refractivity contribution >= 4 is 156 Å². The molecule has 0 aliphatic carbocycles. The lowest BCUT2D eigenvalue weighted by molar-refractivity contribution is -0.385. The predicted molar refractivity (Wildman–Crippen MR) is 328 cm³/mol. The van der Waals surface area contributed by atoms with E-state index in [1.807, 2.05) is 0 Å². The molecule has 8 aromatic rings. The number of nitrogen functional groups attached to an aromatic ring is 1. The van der Waals surface area contributed by atoms with Crippen LogP contribution in [-0.2, 0) is 118 Å². The number of non-ortho nitro benzene ring substituents is 1. The monoisotopic (exact) mass is 1480 g/mol. The van der Waals surface area contributed by atoms with Gasteiger partial charge in [0.2, 0.25) is 5.88 Å². The normalized spacial score (nSPS) is 13.1. The van der Waals surface area contributed by atoms with Gasteiger partial charge in [-0.3, -0.25) is 44.6 Å². The standard InChI is InChI=1S/C50H44N12O28S7/c1-84-92(72,73)29-11-8-27(9-12-29)61-50(66)45(37(60-61)22-90-24-63)58-54-33-14-7-26(18-39(33)94(76,77)86-3)52-59-46-41(96(80,81)88-5)20-31-30(47(46)64)13-16-35(49(31)97(82,83)89-6)55-56-36-21-38(93(74,75)85-2)32-17-25(23-91(69,70)71)44(48(65)42(32)43(36)51)57-53-34-15-10-28(62(67)68)19-40(34)95(78,79)87-4/h7-21,24,64-66H,22-23,51H2,1-6H3,(H,69,70,71). The Labute approximate surface area is 547 Å². The third-order valence-electron chi connectivity index (χ3n) is 13.3. The smallest absolute Gasteiger partial charge is 0.299 e. The number of azo groups is 4. The number of aromatic nitrogens is 2. The quantitative estimate of drug-likeness (QED) is 0.00631. The first-order chi connectivity index (χ1) is 45.4. The van der Waals surface area contributed by atoms with Gasteiger partial charge in [-0.25, -0.2) is 0 Å². The molecule has 1 heterocycles. The number of carbonyl (C=O) groups excluding carboxylic acids is 1. The van der Waals surface area contributed by atoms with E-state index in [0.29, 0.717) is 46.6 Å². The molecule has 0 saturated heterocycles. The molecule has 47 heteroatoms. The fourth-order valence-electron chi connectivity index (χ4n) is 8.71. The Bertz CT molecular complexity index is 5580. The molecule has 8 rings (SSSR count). The van der Waals surface area contributed by atoms with Crippen LogP contribution >= 0.6 is 0 Å². The lowest BCUT2D eigenvalue weighted by Gasteiger charge is -2.16. The van der Waals surface area contributed by atoms with Gasteiger partial charge < -0.3 is 25.8 Å². The van der Waals surface area contributed by atoms with Crippen LogP contribution in [0.25, 0.3) is 27.2 Å². The SMILES string of the molecule is COS(=O)(=O)c1ccc(-n2nc(COC=O)c(N=Nc3ccc(N=Nc4c(S(=O)(=O)OC)cc5c(S(=O)(=O)OC)c(N=Nc6cc(S(=O)(=O)OC)c7cc(CS(=O)(=O)O)c(N=Nc8ccc([N+](=O)[O-])cc8S(=O)(=O)OC)c(O)c7c6N)ccc5c4O)cc3S(=O)(=O)OC)c2O)cc1. The Kier molecular flexibility index (Phi) is 20.8. The average molecular weight is 1490 g/mol. The first-order valence-corrected chi connectivity index (χ1v) is 35.7. The van der Waals surface area contributed by atoms with Gasteiger partial charge in [0.25, 0.3) is 83.0 Å². The zero-order valence-electron chi connectivity index (χ0n) is 49.6. The van der Waals surface area contributed by atoms with Crippen LogP contribution in [0.15, 0.2) is 161 Å². The van der Waals surface area contributed by atoms with E-state index in [9.17, 15) is 93.7 Å². The number of fused-ring (bicyclic) bond motifs is 2. The van der Waals surface area contributed by atoms with Crippen LogP contribution in [0.4, 0.5) is 56.9 Å². The van der Waals surface area contributed by atoms with Crippen molar-refractivity contribution in [2.24, 2.45) is 40.9 Å². The average Bonchev–Trinajstić information content (AvgIpc) is 1.31. The molecule has 0 saturated carbocycles. The van der Waals surface area contributed by atoms with E-state index in [2.05, 4.69) is 54.4 Å². The minimum absolute atomic E-state index is 0.0317. The summed E-state index contributed by atoms with van der Waals surface area (Å²) in [7, 11) is -30.1. The van der Waals surface area contributed by atoms with Crippen LogP contribution in [0.2, 0.25) is 0 Å². The van der Waals surface area contributed by atoms with E-state index in [1.54, 1.807) is 0 Å². The number of hydrogen-bond donors (Lipinski definition) is 5. The van der Waals surface area contributed by atoms with Gasteiger partial charge in [-0.2, -0.15) is 73.8 Å². The van der Waals surface area contributed by atoms with Gasteiger partial charge in [0, 0.05) is 33.9 Å². The largest absolute Gasteiger partial charge is 0.505 e. The van der Waals surface area contributed by atoms with E-state index < -0.39 is 214 Å². The van der Waals surface area contributed by atoms with E-state index >= 15 is 0 Å². The highest BCUT2D eigenvalue weighted by Crippen LogP contribution is 2.50. The number of phenols is 2. The van der Waals surface area contributed by atoms with Gasteiger partial charge in [-0.05, 0) is 78.9 Å². The van der Waals surface area contributed by atoms with Crippen LogP contribution in [0.1, 0.15) is 11.3 Å². The molecule has 0 amide bonds. The minimum atomic E-state index is -5.21. The van der Waals surface area contributed by atoms with Crippen LogP contribution in [0.3, 0.4) is 0 Å². The molecule has 514 valence electrons. The van der Waals surface area contributed by atoms with Gasteiger partial charge in [0.05, 0.1) is 74.9 Å². The van der Waals surface area contributed by atoms with E-state index in [0.717, 1.165) is 79.6 Å². The van der Waals surface area contributed by atoms with Crippen molar-refractivity contribution in [1.29, 1.82) is 0 Å². The molecule has 0 fully saturated rings. The number of ether oxygens (including phenoxy) is 1. The molecule has 1 aromatic heterocycles. The van der Waals surface area contributed by atoms with Gasteiger partial charge >= 0.3 is 0 Å². The zero-order valence-corrected chi connectivity index (χ0v) is 55.3. The van der Waals surface area contributed by atoms with Crippen LogP contribution in [-0.4, -0.2) is 143 Å². The molecule has 6 N–H and O–H groups in total. The number of hydrogen-bond acceptors (Lipinski definition) is 37. The Morgan fingerprint density at radius 3 is 1.61 bits per heavy atom. The fourth-order valence-corrected chi connectivity index (χ4v) is 14.3. The molecule has 0 aliphatic rings. The molecule has 97 heavy (non-hydrogen) atoms. The lowest BCUT2D eigenvalue weighted by Crippen LogP contribution is -2.07. The highest BCUT2D eigenvalue weighted by molar-refractivity contribution is 7.88. The number of anilines is 1. The fraction of sp³-hybridized carbons (Fsp3) is 0.160. The Morgan fingerprint density at radius 2 is 1.04 bits per heavy atom. The number of nitrogens with zero attached hydrogens (tertiary/aromatic N) is 11. The van der Waals surface area contributed by atoms with Crippen LogP contribution in [0, 0.1) is 10.1 Å². The summed E-state index contributed by atoms with van der Waals surface area (Å²) in [5.74, 6) is -4.68. The second-order valence-electron chi connectivity index (χ2n) is 18.8. The Hall–Kier alpha value is -9.89. The minimum Gasteiger partial charge on any atom is -0.505 e. The summed E-state index contributed by atoms with van der Waals surface area (Å²) in [6.45, 7) is -0.606. The molecule has 0 unspecified atom stereocenters. The summed E-state index contributed by atoms with van der Waals surface area (Å²) < 4.78 is 228. The number of benzene rings is 7. The van der Waals surface area contributed by atoms with Crippen molar-refractivity contribution in [3.63, 3.8) is 0 Å². The Morgan fingerprint density at radius 1 is 0.526 bits per heavy atom. The second-order valence-corrected chi connectivity index (χ2v) is 30.3. The van der Waals surface area contributed by atoms with Gasteiger partial charge in [0.15, 0.2) is 17.2 Å². The van der Waals surface area contributed by atoms with E-state index in [-0.39, 0.29) is 22.7 Å². The highest BCUT2D eigenvalue weighted by atomic mass is 32.2. The predicted octanol–water partition coefficient (Wildman–Crippen LogP) is 7.52. The molecule has 0 spiro atoms. The molecule has 0 radical (unpaired) electrons. The molecular weight excluding hydrogens is 1440 g/mol. The summed E-state index contributed by atoms with van der Waals surface area (Å²) in [5.41, 5.74) is -1.80. The number of nitro benzene ring substituents is 1. The van der Waals surface area contributed by atoms with Crippen molar-refractivity contribution in [2.75, 3.05) is 48.4 Å². The molecule has 0 bridgehead atoms. The number of carbonyl (C=O) groups is 1. The van der Waals surface area contributed by atoms with Gasteiger partial charge in [0.1, 0.15) is 76.7 Å². The molecule has 40 nitrogen and oxygen atoms in total. The third-order valence-corrected chi connectivity index (χ3v) is 21.8. The molecule has 0 atom stereocenters. The van der Waals surface area contributed by atoms with Gasteiger partial charge in [-0.1, -0.05) is 0 Å². The Balaban J connectivity index is 1.27. The summed E-state index contributed by atoms with van der Waals surface area (Å²) >= 11 is 0. The second kappa shape index (κ2) is 27.7. The number of nitrogens with two attached hydrogens (primary N) is 1. The van der Waals surface area contributed by atoms with Gasteiger partial charge in [-0.15, -0.1) is 35.8 Å². The maximum atomic E-state index is 14.0. The van der Waals surface area contributed by atoms with Crippen LogP contribution < -0.4 is 5.73 Å². The van der Waals surface area contributed by atoms with Crippen molar-refractivity contribution < 1.29 is 118 Å². The van der Waals surface area contributed by atoms with Crippen molar-refractivity contribution in [3.05, 3.63) is 112 Å². The summed E-state index contributed by atoms with van der Waals surface area (Å²) in [4.78, 5) is 16.4. The first kappa shape index (κ1) is 72.9. The maximum Gasteiger partial charge on any atom is 0.299 e. The third kappa shape index (κ3) is 14.9. The highest BCUT2D eigenvalue weighted by Gasteiger charge is 2.33. The van der Waals surface area contributed by atoms with E-state index in [4.69, 9.17) is 27.2 Å². The maximum absolute atomic E-state index is 14.0. The first-order valence-electron chi connectivity index (χ1n) is 25.6. The summed E-state index contributed by atoms with van der Waals surface area (Å²) in [6, 6.07) is 13.2. The zero-order chi connectivity index (χ0) is 71.7.